The van der Waals surface area contributed by atoms with Crippen LogP contribution in [0.15, 0.2) is 0 Å². The van der Waals surface area contributed by atoms with Crippen molar-refractivity contribution in [2.45, 2.75) is 158 Å². The molecule has 0 amide bonds. The maximum absolute atomic E-state index is 2.58. The van der Waals surface area contributed by atoms with E-state index in [9.17, 15) is 0 Å². The number of hydrogen-bond donors (Lipinski definition) is 0. The molecule has 0 bridgehead atoms. The van der Waals surface area contributed by atoms with Gasteiger partial charge in [-0.1, -0.05) is 158 Å². The Morgan fingerprint density at radius 1 is 0.190 bits per heavy atom. The van der Waals surface area contributed by atoms with Gasteiger partial charge in [0.2, 0.25) is 0 Å². The summed E-state index contributed by atoms with van der Waals surface area (Å²) in [7, 11) is 0. The summed E-state index contributed by atoms with van der Waals surface area (Å²) in [5, 5.41) is 0. The highest BCUT2D eigenvalue weighted by molar-refractivity contribution is 4.87. The fraction of sp³-hybridized carbons (Fsp3) is 1.00. The van der Waals surface area contributed by atoms with Crippen LogP contribution >= 0.6 is 0 Å². The first-order valence-electron chi connectivity index (χ1n) is 19.2. The normalized spacial score (nSPS) is 26.5. The minimum atomic E-state index is 0.744. The van der Waals surface area contributed by atoms with Gasteiger partial charge >= 0.3 is 0 Å². The molecule has 0 aliphatic carbocycles. The standard InChI is InChI=1S/C42H86/c1-22-24(3)26(5)28(7)30(9)32(11)34(13)36(15)38(17)40(19)42(21)41(20)39(18)37(16)35(14)33(12)31(10)29(8)27(6)25(4)23-2/h24-42H,22-23H2,1-21H3. The van der Waals surface area contributed by atoms with Gasteiger partial charge < -0.3 is 0 Å². The van der Waals surface area contributed by atoms with Crippen LogP contribution in [0.5, 0.6) is 0 Å². The third-order valence-electron chi connectivity index (χ3n) is 16.4. The van der Waals surface area contributed by atoms with E-state index in [1.54, 1.807) is 0 Å². The Morgan fingerprint density at radius 2 is 0.286 bits per heavy atom. The summed E-state index contributed by atoms with van der Waals surface area (Å²) >= 11 is 0. The van der Waals surface area contributed by atoms with Crippen molar-refractivity contribution in [1.29, 1.82) is 0 Å². The van der Waals surface area contributed by atoms with Crippen molar-refractivity contribution in [1.82, 2.24) is 0 Å². The average Bonchev–Trinajstić information content (AvgIpc) is 3.00. The van der Waals surface area contributed by atoms with Gasteiger partial charge in [0, 0.05) is 0 Å². The molecule has 0 rings (SSSR count). The quantitative estimate of drug-likeness (QED) is 0.132. The van der Waals surface area contributed by atoms with Gasteiger partial charge in [-0.25, -0.2) is 0 Å². The monoisotopic (exact) mass is 591 g/mol. The molecule has 0 radical (unpaired) electrons. The van der Waals surface area contributed by atoms with Crippen LogP contribution in [0, 0.1) is 112 Å². The van der Waals surface area contributed by atoms with Crippen molar-refractivity contribution >= 4 is 0 Å². The fourth-order valence-corrected chi connectivity index (χ4v) is 8.96. The molecular formula is C42H86. The van der Waals surface area contributed by atoms with Crippen LogP contribution in [-0.4, -0.2) is 0 Å². The minimum Gasteiger partial charge on any atom is -0.0651 e. The molecule has 0 aromatic heterocycles. The van der Waals surface area contributed by atoms with E-state index in [0.29, 0.717) is 0 Å². The third kappa shape index (κ3) is 10.5. The van der Waals surface area contributed by atoms with Crippen molar-refractivity contribution in [2.24, 2.45) is 112 Å². The second-order valence-corrected chi connectivity index (χ2v) is 17.4. The SMILES string of the molecule is CCC(C)C(C)C(C)C(C)C(C)C(C)C(C)C(C)C(C)C(C)C(C)C(C)C(C)C(C)C(C)C(C)C(C)C(C)C(C)CC. The smallest absolute Gasteiger partial charge is 0.0386 e. The maximum atomic E-state index is 2.58. The molecule has 0 saturated carbocycles. The molecule has 0 heterocycles. The van der Waals surface area contributed by atoms with E-state index in [1.165, 1.54) is 12.8 Å². The van der Waals surface area contributed by atoms with Gasteiger partial charge in [-0.2, -0.15) is 0 Å². The zero-order valence-corrected chi connectivity index (χ0v) is 33.4. The molecular weight excluding hydrogens is 504 g/mol. The molecule has 254 valence electrons. The lowest BCUT2D eigenvalue weighted by molar-refractivity contribution is 0.0479. The first kappa shape index (κ1) is 42.0. The number of rotatable bonds is 20. The van der Waals surface area contributed by atoms with E-state index >= 15 is 0 Å². The summed E-state index contributed by atoms with van der Waals surface area (Å²) in [5.74, 6) is 14.6. The van der Waals surface area contributed by atoms with Gasteiger partial charge in [-0.05, 0) is 112 Å². The molecule has 18 unspecified atom stereocenters. The van der Waals surface area contributed by atoms with Crippen LogP contribution in [0.25, 0.3) is 0 Å². The summed E-state index contributed by atoms with van der Waals surface area (Å²) in [6.07, 6.45) is 2.60. The van der Waals surface area contributed by atoms with Crippen molar-refractivity contribution in [3.05, 3.63) is 0 Å². The van der Waals surface area contributed by atoms with Crippen molar-refractivity contribution in [3.63, 3.8) is 0 Å². The highest BCUT2D eigenvalue weighted by atomic mass is 14.4. The molecule has 0 saturated heterocycles. The van der Waals surface area contributed by atoms with E-state index in [-0.39, 0.29) is 0 Å². The van der Waals surface area contributed by atoms with Gasteiger partial charge in [-0.15, -0.1) is 0 Å². The lowest BCUT2D eigenvalue weighted by Gasteiger charge is -2.44. The maximum Gasteiger partial charge on any atom is -0.0386 e. The summed E-state index contributed by atoms with van der Waals surface area (Å²) in [4.78, 5) is 0. The summed E-state index contributed by atoms with van der Waals surface area (Å²) in [6.45, 7) is 53.1. The predicted molar refractivity (Wildman–Crippen MR) is 195 cm³/mol. The Balaban J connectivity index is 5.43. The van der Waals surface area contributed by atoms with Gasteiger partial charge in [0.05, 0.1) is 0 Å². The summed E-state index contributed by atoms with van der Waals surface area (Å²) < 4.78 is 0. The van der Waals surface area contributed by atoms with E-state index in [0.717, 1.165) is 112 Å². The molecule has 0 heteroatoms. The molecule has 0 spiro atoms. The Labute approximate surface area is 270 Å². The van der Waals surface area contributed by atoms with E-state index in [4.69, 9.17) is 0 Å². The zero-order chi connectivity index (χ0) is 33.4. The van der Waals surface area contributed by atoms with Crippen LogP contribution in [0.2, 0.25) is 0 Å². The van der Waals surface area contributed by atoms with Crippen molar-refractivity contribution in [2.75, 3.05) is 0 Å². The van der Waals surface area contributed by atoms with Gasteiger partial charge in [-0.3, -0.25) is 0 Å². The van der Waals surface area contributed by atoms with Crippen LogP contribution < -0.4 is 0 Å². The Hall–Kier alpha value is 0. The summed E-state index contributed by atoms with van der Waals surface area (Å²) in [6, 6.07) is 0. The predicted octanol–water partition coefficient (Wildman–Crippen LogP) is 13.9. The lowest BCUT2D eigenvalue weighted by atomic mass is 9.62. The molecule has 0 fully saturated rings. The van der Waals surface area contributed by atoms with Gasteiger partial charge in [0.25, 0.3) is 0 Å². The molecule has 18 atom stereocenters. The van der Waals surface area contributed by atoms with Crippen LogP contribution in [0.4, 0.5) is 0 Å². The summed E-state index contributed by atoms with van der Waals surface area (Å²) in [5.41, 5.74) is 0. The topological polar surface area (TPSA) is 0 Å². The van der Waals surface area contributed by atoms with Crippen molar-refractivity contribution in [3.8, 4) is 0 Å². The van der Waals surface area contributed by atoms with Crippen LogP contribution in [0.3, 0.4) is 0 Å². The van der Waals surface area contributed by atoms with Crippen LogP contribution in [0.1, 0.15) is 158 Å². The first-order valence-corrected chi connectivity index (χ1v) is 19.2. The van der Waals surface area contributed by atoms with E-state index in [1.807, 2.05) is 0 Å². The first-order chi connectivity index (χ1) is 19.2. The van der Waals surface area contributed by atoms with Gasteiger partial charge in [0.1, 0.15) is 0 Å². The van der Waals surface area contributed by atoms with Crippen molar-refractivity contribution < 1.29 is 0 Å². The largest absolute Gasteiger partial charge is 0.0651 e. The lowest BCUT2D eigenvalue weighted by Crippen LogP contribution is -2.37. The Kier molecular flexibility index (Phi) is 18.8. The molecule has 42 heavy (non-hydrogen) atoms. The zero-order valence-electron chi connectivity index (χ0n) is 33.4. The molecule has 0 aliphatic heterocycles. The average molecular weight is 591 g/mol. The fourth-order valence-electron chi connectivity index (χ4n) is 8.96. The third-order valence-corrected chi connectivity index (χ3v) is 16.4. The van der Waals surface area contributed by atoms with E-state index in [2.05, 4.69) is 145 Å². The second-order valence-electron chi connectivity index (χ2n) is 17.4. The van der Waals surface area contributed by atoms with Gasteiger partial charge in [0.15, 0.2) is 0 Å². The Morgan fingerprint density at radius 3 is 0.381 bits per heavy atom. The number of hydrogen-bond acceptors (Lipinski definition) is 0. The molecule has 0 N–H and O–H groups in total. The van der Waals surface area contributed by atoms with Crippen LogP contribution in [-0.2, 0) is 0 Å². The molecule has 0 aliphatic rings. The highest BCUT2D eigenvalue weighted by Gasteiger charge is 2.38. The highest BCUT2D eigenvalue weighted by Crippen LogP contribution is 2.45. The Bertz CT molecular complexity index is 636. The molecule has 0 aromatic rings. The molecule has 0 aromatic carbocycles. The van der Waals surface area contributed by atoms with E-state index < -0.39 is 0 Å². The second kappa shape index (κ2) is 18.8. The molecule has 0 nitrogen and oxygen atoms in total. The minimum absolute atomic E-state index is 0.744.